The number of aromatic nitrogens is 3. The molecule has 0 spiro atoms. The Kier molecular flexibility index (Phi) is 6.10. The number of rotatable bonds is 6. The van der Waals surface area contributed by atoms with Crippen molar-refractivity contribution in [1.82, 2.24) is 20.1 Å². The van der Waals surface area contributed by atoms with Crippen molar-refractivity contribution in [1.29, 1.82) is 0 Å². The fourth-order valence-corrected chi connectivity index (χ4v) is 3.67. The number of ether oxygens (including phenoxy) is 1. The third kappa shape index (κ3) is 4.95. The predicted octanol–water partition coefficient (Wildman–Crippen LogP) is 4.17. The van der Waals surface area contributed by atoms with Crippen LogP contribution in [0.1, 0.15) is 46.8 Å². The van der Waals surface area contributed by atoms with Gasteiger partial charge in [0.25, 0.3) is 5.91 Å². The summed E-state index contributed by atoms with van der Waals surface area (Å²) in [5.41, 5.74) is 1.52. The second-order valence-corrected chi connectivity index (χ2v) is 7.56. The first kappa shape index (κ1) is 19.5. The third-order valence-corrected chi connectivity index (χ3v) is 5.22. The Morgan fingerprint density at radius 1 is 1.10 bits per heavy atom. The number of fused-ring (bicyclic) bond motifs is 1. The van der Waals surface area contributed by atoms with Gasteiger partial charge in [-0.25, -0.2) is 0 Å². The van der Waals surface area contributed by atoms with Gasteiger partial charge >= 0.3 is 0 Å². The van der Waals surface area contributed by atoms with Crippen molar-refractivity contribution in [2.24, 2.45) is 0 Å². The lowest BCUT2D eigenvalue weighted by atomic mass is 10.2. The molecule has 2 heterocycles. The standard InChI is InChI=1S/C22H23ClN4O2/c23-18-8-4-6-16(12-18)15-29-19-9-5-7-17(13-19)22(28)24-14-21-26-25-20-10-2-1-3-11-27(20)21/h4-9,12-13H,1-3,10-11,14-15H2,(H,24,28). The highest BCUT2D eigenvalue weighted by Gasteiger charge is 2.15. The first-order chi connectivity index (χ1) is 14.2. The minimum absolute atomic E-state index is 0.163. The lowest BCUT2D eigenvalue weighted by Crippen LogP contribution is -2.25. The molecular weight excluding hydrogens is 388 g/mol. The average molecular weight is 411 g/mol. The van der Waals surface area contributed by atoms with Crippen LogP contribution in [0.4, 0.5) is 0 Å². The summed E-state index contributed by atoms with van der Waals surface area (Å²) in [5.74, 6) is 2.30. The maximum atomic E-state index is 12.6. The highest BCUT2D eigenvalue weighted by molar-refractivity contribution is 6.30. The number of carbonyl (C=O) groups is 1. The van der Waals surface area contributed by atoms with Gasteiger partial charge in [0.05, 0.1) is 6.54 Å². The van der Waals surface area contributed by atoms with Gasteiger partial charge in [0.2, 0.25) is 0 Å². The first-order valence-corrected chi connectivity index (χ1v) is 10.2. The van der Waals surface area contributed by atoms with Crippen LogP contribution in [0.25, 0.3) is 0 Å². The number of hydrogen-bond donors (Lipinski definition) is 1. The summed E-state index contributed by atoms with van der Waals surface area (Å²) in [6, 6.07) is 14.7. The SMILES string of the molecule is O=C(NCc1nnc2n1CCCCC2)c1cccc(OCc2cccc(Cl)c2)c1. The quantitative estimate of drug-likeness (QED) is 0.662. The van der Waals surface area contributed by atoms with Crippen LogP contribution in [0, 0.1) is 0 Å². The largest absolute Gasteiger partial charge is 0.489 e. The Labute approximate surface area is 174 Å². The Morgan fingerprint density at radius 3 is 2.90 bits per heavy atom. The number of amides is 1. The molecule has 0 aliphatic carbocycles. The van der Waals surface area contributed by atoms with Gasteiger partial charge in [0.1, 0.15) is 18.2 Å². The molecule has 1 amide bonds. The van der Waals surface area contributed by atoms with E-state index in [9.17, 15) is 4.79 Å². The average Bonchev–Trinajstić information content (AvgIpc) is 2.96. The molecule has 4 rings (SSSR count). The summed E-state index contributed by atoms with van der Waals surface area (Å²) in [5, 5.41) is 12.1. The number of halogens is 1. The molecule has 3 aromatic rings. The zero-order valence-corrected chi connectivity index (χ0v) is 16.9. The summed E-state index contributed by atoms with van der Waals surface area (Å²) in [6.45, 7) is 1.66. The smallest absolute Gasteiger partial charge is 0.251 e. The van der Waals surface area contributed by atoms with Crippen LogP contribution in [0.5, 0.6) is 5.75 Å². The van der Waals surface area contributed by atoms with Gasteiger partial charge in [0.15, 0.2) is 5.82 Å². The summed E-state index contributed by atoms with van der Waals surface area (Å²) < 4.78 is 7.95. The Hall–Kier alpha value is -2.86. The zero-order valence-electron chi connectivity index (χ0n) is 16.1. The Balaban J connectivity index is 1.37. The molecule has 0 unspecified atom stereocenters. The minimum atomic E-state index is -0.163. The molecule has 6 nitrogen and oxygen atoms in total. The molecule has 0 saturated carbocycles. The van der Waals surface area contributed by atoms with E-state index in [1.54, 1.807) is 12.1 Å². The van der Waals surface area contributed by atoms with Crippen molar-refractivity contribution in [2.45, 2.75) is 45.4 Å². The van der Waals surface area contributed by atoms with Gasteiger partial charge in [-0.3, -0.25) is 4.79 Å². The van der Waals surface area contributed by atoms with Crippen LogP contribution in [0.2, 0.25) is 5.02 Å². The highest BCUT2D eigenvalue weighted by Crippen LogP contribution is 2.18. The molecule has 1 aliphatic heterocycles. The van der Waals surface area contributed by atoms with E-state index in [4.69, 9.17) is 16.3 Å². The van der Waals surface area contributed by atoms with Crippen LogP contribution < -0.4 is 10.1 Å². The highest BCUT2D eigenvalue weighted by atomic mass is 35.5. The molecule has 0 bridgehead atoms. The van der Waals surface area contributed by atoms with Crippen LogP contribution in [0.15, 0.2) is 48.5 Å². The number of benzene rings is 2. The molecule has 29 heavy (non-hydrogen) atoms. The fraction of sp³-hybridized carbons (Fsp3) is 0.318. The van der Waals surface area contributed by atoms with E-state index < -0.39 is 0 Å². The second kappa shape index (κ2) is 9.09. The van der Waals surface area contributed by atoms with Gasteiger partial charge in [-0.2, -0.15) is 0 Å². The van der Waals surface area contributed by atoms with E-state index in [2.05, 4.69) is 20.1 Å². The molecule has 0 atom stereocenters. The number of nitrogens with zero attached hydrogens (tertiary/aromatic N) is 3. The summed E-state index contributed by atoms with van der Waals surface area (Å²) >= 11 is 6.00. The van der Waals surface area contributed by atoms with Crippen LogP contribution in [-0.4, -0.2) is 20.7 Å². The van der Waals surface area contributed by atoms with Crippen molar-refractivity contribution in [3.05, 3.63) is 76.3 Å². The Morgan fingerprint density at radius 2 is 2.00 bits per heavy atom. The molecule has 2 aromatic carbocycles. The van der Waals surface area contributed by atoms with Crippen molar-refractivity contribution in [3.63, 3.8) is 0 Å². The van der Waals surface area contributed by atoms with Crippen molar-refractivity contribution in [3.8, 4) is 5.75 Å². The van der Waals surface area contributed by atoms with E-state index in [1.807, 2.05) is 36.4 Å². The molecule has 150 valence electrons. The Bertz CT molecular complexity index is 1000. The fourth-order valence-electron chi connectivity index (χ4n) is 3.46. The molecular formula is C22H23ClN4O2. The summed E-state index contributed by atoms with van der Waals surface area (Å²) in [7, 11) is 0. The lowest BCUT2D eigenvalue weighted by Gasteiger charge is -2.10. The molecule has 1 N–H and O–H groups in total. The zero-order chi connectivity index (χ0) is 20.1. The summed E-state index contributed by atoms with van der Waals surface area (Å²) in [4.78, 5) is 12.6. The third-order valence-electron chi connectivity index (χ3n) is 4.98. The number of hydrogen-bond acceptors (Lipinski definition) is 4. The maximum Gasteiger partial charge on any atom is 0.251 e. The molecule has 7 heteroatoms. The van der Waals surface area contributed by atoms with E-state index in [0.717, 1.165) is 43.0 Å². The van der Waals surface area contributed by atoms with Crippen molar-refractivity contribution < 1.29 is 9.53 Å². The van der Waals surface area contributed by atoms with E-state index in [1.165, 1.54) is 6.42 Å². The van der Waals surface area contributed by atoms with E-state index in [0.29, 0.717) is 29.5 Å². The normalized spacial score (nSPS) is 13.4. The molecule has 0 saturated heterocycles. The second-order valence-electron chi connectivity index (χ2n) is 7.12. The van der Waals surface area contributed by atoms with Crippen molar-refractivity contribution >= 4 is 17.5 Å². The maximum absolute atomic E-state index is 12.6. The topological polar surface area (TPSA) is 69.0 Å². The van der Waals surface area contributed by atoms with Crippen LogP contribution in [-0.2, 0) is 26.1 Å². The van der Waals surface area contributed by atoms with Crippen molar-refractivity contribution in [2.75, 3.05) is 0 Å². The number of nitrogens with one attached hydrogen (secondary N) is 1. The minimum Gasteiger partial charge on any atom is -0.489 e. The van der Waals surface area contributed by atoms with Gasteiger partial charge in [-0.05, 0) is 48.7 Å². The molecule has 0 fully saturated rings. The van der Waals surface area contributed by atoms with Gasteiger partial charge in [-0.1, -0.05) is 36.2 Å². The molecule has 1 aliphatic rings. The van der Waals surface area contributed by atoms with E-state index in [-0.39, 0.29) is 5.91 Å². The van der Waals surface area contributed by atoms with Crippen LogP contribution >= 0.6 is 11.6 Å². The van der Waals surface area contributed by atoms with Gasteiger partial charge in [0, 0.05) is 23.6 Å². The summed E-state index contributed by atoms with van der Waals surface area (Å²) in [6.07, 6.45) is 4.43. The molecule has 0 radical (unpaired) electrons. The molecule has 1 aromatic heterocycles. The lowest BCUT2D eigenvalue weighted by molar-refractivity contribution is 0.0949. The van der Waals surface area contributed by atoms with Gasteiger partial charge in [-0.15, -0.1) is 10.2 Å². The monoisotopic (exact) mass is 410 g/mol. The van der Waals surface area contributed by atoms with E-state index >= 15 is 0 Å². The number of aryl methyl sites for hydroxylation is 1. The van der Waals surface area contributed by atoms with Gasteiger partial charge < -0.3 is 14.6 Å². The predicted molar refractivity (Wildman–Crippen MR) is 111 cm³/mol. The first-order valence-electron chi connectivity index (χ1n) is 9.85. The number of carbonyl (C=O) groups excluding carboxylic acids is 1. The van der Waals surface area contributed by atoms with Crippen LogP contribution in [0.3, 0.4) is 0 Å².